The van der Waals surface area contributed by atoms with Crippen molar-refractivity contribution < 1.29 is 4.74 Å². The number of hydrogen-bond acceptors (Lipinski definition) is 6. The lowest BCUT2D eigenvalue weighted by molar-refractivity contribution is 0.0198. The van der Waals surface area contributed by atoms with Gasteiger partial charge in [-0.1, -0.05) is 24.3 Å². The molecule has 2 saturated heterocycles. The van der Waals surface area contributed by atoms with E-state index >= 15 is 0 Å². The normalized spacial score (nSPS) is 20.1. The SMILES string of the molecule is C[C@@H](c1ccc(-c2ccc(N3CCSCC3)nn2)cc1)N1CCOCC1. The number of benzene rings is 1. The Morgan fingerprint density at radius 3 is 2.31 bits per heavy atom. The molecule has 0 aliphatic carbocycles. The van der Waals surface area contributed by atoms with Crippen LogP contribution in [0, 0.1) is 0 Å². The minimum Gasteiger partial charge on any atom is -0.379 e. The summed E-state index contributed by atoms with van der Waals surface area (Å²) in [6, 6.07) is 13.4. The molecule has 2 aliphatic rings. The van der Waals surface area contributed by atoms with E-state index in [1.165, 1.54) is 17.1 Å². The second kappa shape index (κ2) is 8.37. The fraction of sp³-hybridized carbons (Fsp3) is 0.500. The standard InChI is InChI=1S/C20H26N4OS/c1-16(23-8-12-25-13-9-23)17-2-4-18(5-3-17)19-6-7-20(22-21-19)24-10-14-26-15-11-24/h2-7,16H,8-15H2,1H3/t16-/m0/s1. The van der Waals surface area contributed by atoms with Gasteiger partial charge < -0.3 is 9.64 Å². The molecule has 0 spiro atoms. The predicted molar refractivity (Wildman–Crippen MR) is 108 cm³/mol. The van der Waals surface area contributed by atoms with Crippen molar-refractivity contribution in [2.24, 2.45) is 0 Å². The van der Waals surface area contributed by atoms with Gasteiger partial charge in [-0.05, 0) is 24.6 Å². The Kier molecular flexibility index (Phi) is 5.72. The zero-order chi connectivity index (χ0) is 17.8. The molecule has 4 rings (SSSR count). The summed E-state index contributed by atoms with van der Waals surface area (Å²) in [5.74, 6) is 3.34. The van der Waals surface area contributed by atoms with Gasteiger partial charge in [0, 0.05) is 49.3 Å². The molecular weight excluding hydrogens is 344 g/mol. The van der Waals surface area contributed by atoms with E-state index in [1.54, 1.807) is 0 Å². The average molecular weight is 371 g/mol. The van der Waals surface area contributed by atoms with E-state index < -0.39 is 0 Å². The molecule has 2 aliphatic heterocycles. The van der Waals surface area contributed by atoms with E-state index in [0.29, 0.717) is 6.04 Å². The van der Waals surface area contributed by atoms with Gasteiger partial charge in [0.1, 0.15) is 0 Å². The maximum atomic E-state index is 5.45. The van der Waals surface area contributed by atoms with Gasteiger partial charge in [0.15, 0.2) is 5.82 Å². The Morgan fingerprint density at radius 2 is 1.65 bits per heavy atom. The molecule has 0 radical (unpaired) electrons. The molecule has 1 aromatic carbocycles. The lowest BCUT2D eigenvalue weighted by Gasteiger charge is -2.32. The molecule has 3 heterocycles. The van der Waals surface area contributed by atoms with Crippen LogP contribution in [-0.2, 0) is 4.74 Å². The number of rotatable bonds is 4. The van der Waals surface area contributed by atoms with Crippen LogP contribution < -0.4 is 4.90 Å². The number of aromatic nitrogens is 2. The Bertz CT molecular complexity index is 695. The van der Waals surface area contributed by atoms with Gasteiger partial charge in [0.05, 0.1) is 18.9 Å². The molecule has 0 saturated carbocycles. The molecule has 6 heteroatoms. The number of thioether (sulfide) groups is 1. The van der Waals surface area contributed by atoms with Gasteiger partial charge in [-0.3, -0.25) is 4.90 Å². The molecule has 5 nitrogen and oxygen atoms in total. The maximum Gasteiger partial charge on any atom is 0.151 e. The molecular formula is C20H26N4OS. The molecule has 1 atom stereocenters. The van der Waals surface area contributed by atoms with Crippen LogP contribution in [0.4, 0.5) is 5.82 Å². The van der Waals surface area contributed by atoms with Gasteiger partial charge in [0.25, 0.3) is 0 Å². The first-order chi connectivity index (χ1) is 12.8. The molecule has 26 heavy (non-hydrogen) atoms. The molecule has 0 bridgehead atoms. The van der Waals surface area contributed by atoms with Crippen molar-refractivity contribution in [2.75, 3.05) is 55.8 Å². The summed E-state index contributed by atoms with van der Waals surface area (Å²) in [5, 5.41) is 8.92. The minimum atomic E-state index is 0.415. The third kappa shape index (κ3) is 4.03. The van der Waals surface area contributed by atoms with Crippen molar-refractivity contribution in [1.82, 2.24) is 15.1 Å². The second-order valence-electron chi connectivity index (χ2n) is 6.82. The van der Waals surface area contributed by atoms with Crippen LogP contribution in [0.3, 0.4) is 0 Å². The summed E-state index contributed by atoms with van der Waals surface area (Å²) >= 11 is 2.01. The summed E-state index contributed by atoms with van der Waals surface area (Å²) in [6.07, 6.45) is 0. The summed E-state index contributed by atoms with van der Waals surface area (Å²) in [7, 11) is 0. The molecule has 0 unspecified atom stereocenters. The lowest BCUT2D eigenvalue weighted by atomic mass is 10.0. The highest BCUT2D eigenvalue weighted by atomic mass is 32.2. The van der Waals surface area contributed by atoms with E-state index in [2.05, 4.69) is 63.3 Å². The van der Waals surface area contributed by atoms with Gasteiger partial charge in [-0.15, -0.1) is 10.2 Å². The van der Waals surface area contributed by atoms with Crippen LogP contribution in [0.15, 0.2) is 36.4 Å². The number of hydrogen-bond donors (Lipinski definition) is 0. The third-order valence-electron chi connectivity index (χ3n) is 5.27. The molecule has 2 aromatic rings. The third-order valence-corrected chi connectivity index (χ3v) is 6.21. The fourth-order valence-corrected chi connectivity index (χ4v) is 4.45. The van der Waals surface area contributed by atoms with Crippen LogP contribution >= 0.6 is 11.8 Å². The highest BCUT2D eigenvalue weighted by Gasteiger charge is 2.18. The summed E-state index contributed by atoms with van der Waals surface area (Å²) < 4.78 is 5.45. The van der Waals surface area contributed by atoms with E-state index in [4.69, 9.17) is 4.74 Å². The Hall–Kier alpha value is -1.63. The van der Waals surface area contributed by atoms with Crippen molar-refractivity contribution in [1.29, 1.82) is 0 Å². The van der Waals surface area contributed by atoms with Crippen LogP contribution in [-0.4, -0.2) is 66.0 Å². The lowest BCUT2D eigenvalue weighted by Crippen LogP contribution is -2.37. The zero-order valence-electron chi connectivity index (χ0n) is 15.3. The smallest absolute Gasteiger partial charge is 0.151 e. The van der Waals surface area contributed by atoms with E-state index in [0.717, 1.165) is 56.5 Å². The fourth-order valence-electron chi connectivity index (χ4n) is 3.55. The average Bonchev–Trinajstić information content (AvgIpc) is 2.75. The van der Waals surface area contributed by atoms with Crippen molar-refractivity contribution in [3.8, 4) is 11.3 Å². The highest BCUT2D eigenvalue weighted by molar-refractivity contribution is 7.99. The Labute approximate surface area is 159 Å². The number of anilines is 1. The Morgan fingerprint density at radius 1 is 0.923 bits per heavy atom. The minimum absolute atomic E-state index is 0.415. The number of nitrogens with zero attached hydrogens (tertiary/aromatic N) is 4. The second-order valence-corrected chi connectivity index (χ2v) is 8.05. The first kappa shape index (κ1) is 17.8. The van der Waals surface area contributed by atoms with Gasteiger partial charge >= 0.3 is 0 Å². The summed E-state index contributed by atoms with van der Waals surface area (Å²) in [4.78, 5) is 4.80. The number of morpholine rings is 1. The maximum absolute atomic E-state index is 5.45. The molecule has 2 fully saturated rings. The van der Waals surface area contributed by atoms with E-state index in [1.807, 2.05) is 11.8 Å². The summed E-state index contributed by atoms with van der Waals surface area (Å²) in [6.45, 7) is 8.07. The van der Waals surface area contributed by atoms with Crippen LogP contribution in [0.1, 0.15) is 18.5 Å². The summed E-state index contributed by atoms with van der Waals surface area (Å²) in [5.41, 5.74) is 3.40. The zero-order valence-corrected chi connectivity index (χ0v) is 16.1. The largest absolute Gasteiger partial charge is 0.379 e. The van der Waals surface area contributed by atoms with Crippen molar-refractivity contribution in [3.63, 3.8) is 0 Å². The topological polar surface area (TPSA) is 41.5 Å². The first-order valence-electron chi connectivity index (χ1n) is 9.40. The van der Waals surface area contributed by atoms with E-state index in [9.17, 15) is 0 Å². The number of ether oxygens (including phenoxy) is 1. The van der Waals surface area contributed by atoms with Gasteiger partial charge in [-0.2, -0.15) is 11.8 Å². The first-order valence-corrected chi connectivity index (χ1v) is 10.6. The molecule has 0 N–H and O–H groups in total. The van der Waals surface area contributed by atoms with Crippen molar-refractivity contribution in [3.05, 3.63) is 42.0 Å². The van der Waals surface area contributed by atoms with E-state index in [-0.39, 0.29) is 0 Å². The van der Waals surface area contributed by atoms with Gasteiger partial charge in [-0.25, -0.2) is 0 Å². The highest BCUT2D eigenvalue weighted by Crippen LogP contribution is 2.25. The molecule has 0 amide bonds. The quantitative estimate of drug-likeness (QED) is 0.824. The van der Waals surface area contributed by atoms with Crippen LogP contribution in [0.5, 0.6) is 0 Å². The van der Waals surface area contributed by atoms with Crippen molar-refractivity contribution >= 4 is 17.6 Å². The monoisotopic (exact) mass is 370 g/mol. The van der Waals surface area contributed by atoms with Crippen molar-refractivity contribution in [2.45, 2.75) is 13.0 Å². The van der Waals surface area contributed by atoms with Gasteiger partial charge in [0.2, 0.25) is 0 Å². The van der Waals surface area contributed by atoms with Crippen LogP contribution in [0.25, 0.3) is 11.3 Å². The van der Waals surface area contributed by atoms with Crippen LogP contribution in [0.2, 0.25) is 0 Å². The Balaban J connectivity index is 1.44. The molecule has 138 valence electrons. The molecule has 1 aromatic heterocycles. The predicted octanol–water partition coefficient (Wildman–Crippen LogP) is 3.09.